The van der Waals surface area contributed by atoms with Crippen LogP contribution in [-0.4, -0.2) is 18.1 Å². The Kier molecular flexibility index (Phi) is 4.62. The second-order valence-corrected chi connectivity index (χ2v) is 5.90. The normalized spacial score (nSPS) is 21.2. The predicted octanol–water partition coefficient (Wildman–Crippen LogP) is 3.68. The maximum Gasteiger partial charge on any atom is 0.133 e. The highest BCUT2D eigenvalue weighted by molar-refractivity contribution is 7.99. The van der Waals surface area contributed by atoms with Gasteiger partial charge in [-0.05, 0) is 48.9 Å². The summed E-state index contributed by atoms with van der Waals surface area (Å²) in [6.45, 7) is 4.38. The molecule has 0 aromatic heterocycles. The smallest absolute Gasteiger partial charge is 0.133 e. The number of nitrogens with one attached hydrogen (secondary N) is 1. The van der Waals surface area contributed by atoms with Crippen LogP contribution in [0.3, 0.4) is 0 Å². The van der Waals surface area contributed by atoms with Crippen LogP contribution in [-0.2, 0) is 0 Å². The molecule has 1 aliphatic heterocycles. The number of hydrogen-bond acceptors (Lipinski definition) is 2. The molecule has 100 valence electrons. The van der Waals surface area contributed by atoms with E-state index >= 15 is 0 Å². The Hall–Kier alpha value is -0.610. The third-order valence-corrected chi connectivity index (χ3v) is 4.68. The molecule has 1 N–H and O–H groups in total. The monoisotopic (exact) mass is 271 g/mol. The predicted molar refractivity (Wildman–Crippen MR) is 72.9 cm³/mol. The van der Waals surface area contributed by atoms with Crippen molar-refractivity contribution in [1.29, 1.82) is 0 Å². The summed E-state index contributed by atoms with van der Waals surface area (Å²) in [6, 6.07) is 2.67. The van der Waals surface area contributed by atoms with E-state index in [0.29, 0.717) is 11.5 Å². The highest BCUT2D eigenvalue weighted by Crippen LogP contribution is 2.36. The van der Waals surface area contributed by atoms with Crippen LogP contribution >= 0.6 is 11.8 Å². The molecule has 1 aromatic carbocycles. The van der Waals surface area contributed by atoms with Crippen LogP contribution in [0.5, 0.6) is 0 Å². The molecule has 0 aliphatic carbocycles. The Bertz CT molecular complexity index is 417. The number of aryl methyl sites for hydroxylation is 1. The molecule has 2 unspecified atom stereocenters. The molecule has 1 aliphatic rings. The number of halogens is 2. The minimum atomic E-state index is -0.430. The van der Waals surface area contributed by atoms with Gasteiger partial charge in [-0.3, -0.25) is 0 Å². The van der Waals surface area contributed by atoms with Gasteiger partial charge in [0.2, 0.25) is 0 Å². The van der Waals surface area contributed by atoms with E-state index in [9.17, 15) is 8.78 Å². The van der Waals surface area contributed by atoms with Crippen molar-refractivity contribution in [3.8, 4) is 0 Å². The van der Waals surface area contributed by atoms with E-state index in [1.807, 2.05) is 18.7 Å². The van der Waals surface area contributed by atoms with Gasteiger partial charge in [0, 0.05) is 11.6 Å². The molecule has 1 fully saturated rings. The fourth-order valence-corrected chi connectivity index (χ4v) is 3.80. The average molecular weight is 271 g/mol. The molecule has 0 spiro atoms. The van der Waals surface area contributed by atoms with Gasteiger partial charge in [-0.1, -0.05) is 13.0 Å². The number of hydrogen-bond donors (Lipinski definition) is 1. The van der Waals surface area contributed by atoms with E-state index in [2.05, 4.69) is 5.32 Å². The Morgan fingerprint density at radius 2 is 2.22 bits per heavy atom. The zero-order chi connectivity index (χ0) is 13.1. The molecule has 0 bridgehead atoms. The summed E-state index contributed by atoms with van der Waals surface area (Å²) in [6.07, 6.45) is 1.02. The molecule has 18 heavy (non-hydrogen) atoms. The minimum Gasteiger partial charge on any atom is -0.310 e. The maximum absolute atomic E-state index is 14.2. The summed E-state index contributed by atoms with van der Waals surface area (Å²) in [5.41, 5.74) is 0.740. The summed E-state index contributed by atoms with van der Waals surface area (Å²) in [5.74, 6) is 1.56. The van der Waals surface area contributed by atoms with Gasteiger partial charge in [0.15, 0.2) is 0 Å². The van der Waals surface area contributed by atoms with Crippen LogP contribution in [0.2, 0.25) is 0 Å². The van der Waals surface area contributed by atoms with Crippen LogP contribution in [0.15, 0.2) is 12.1 Å². The molecule has 1 aromatic rings. The molecule has 1 nitrogen and oxygen atoms in total. The van der Waals surface area contributed by atoms with Crippen LogP contribution in [0.4, 0.5) is 8.78 Å². The second kappa shape index (κ2) is 6.02. The lowest BCUT2D eigenvalue weighted by molar-refractivity contribution is 0.371. The Morgan fingerprint density at radius 3 is 2.83 bits per heavy atom. The quantitative estimate of drug-likeness (QED) is 0.896. The maximum atomic E-state index is 14.2. The van der Waals surface area contributed by atoms with Gasteiger partial charge in [0.05, 0.1) is 0 Å². The van der Waals surface area contributed by atoms with Crippen molar-refractivity contribution >= 4 is 11.8 Å². The first-order chi connectivity index (χ1) is 8.65. The fourth-order valence-electron chi connectivity index (χ4n) is 2.50. The van der Waals surface area contributed by atoms with Crippen molar-refractivity contribution in [2.45, 2.75) is 26.3 Å². The highest BCUT2D eigenvalue weighted by atomic mass is 32.2. The van der Waals surface area contributed by atoms with Crippen molar-refractivity contribution in [3.05, 3.63) is 34.9 Å². The van der Waals surface area contributed by atoms with Crippen LogP contribution < -0.4 is 5.32 Å². The minimum absolute atomic E-state index is 0.204. The fraction of sp³-hybridized carbons (Fsp3) is 0.571. The topological polar surface area (TPSA) is 12.0 Å². The summed E-state index contributed by atoms with van der Waals surface area (Å²) in [5, 5.41) is 3.26. The van der Waals surface area contributed by atoms with Gasteiger partial charge in [0.1, 0.15) is 11.6 Å². The van der Waals surface area contributed by atoms with Gasteiger partial charge in [-0.15, -0.1) is 0 Å². The summed E-state index contributed by atoms with van der Waals surface area (Å²) >= 11 is 1.86. The SMILES string of the molecule is CCNC(c1c(F)ccc(C)c1F)C1CCSC1. The van der Waals surface area contributed by atoms with Crippen molar-refractivity contribution in [2.24, 2.45) is 5.92 Å². The molecular weight excluding hydrogens is 252 g/mol. The van der Waals surface area contributed by atoms with Crippen molar-refractivity contribution in [1.82, 2.24) is 5.32 Å². The first-order valence-electron chi connectivity index (χ1n) is 6.40. The Balaban J connectivity index is 2.38. The van der Waals surface area contributed by atoms with Gasteiger partial charge < -0.3 is 5.32 Å². The van der Waals surface area contributed by atoms with Gasteiger partial charge >= 0.3 is 0 Å². The standard InChI is InChI=1S/C14H19F2NS/c1-3-17-14(10-6-7-18-8-10)12-11(15)5-4-9(2)13(12)16/h4-5,10,14,17H,3,6-8H2,1-2H3. The number of thioether (sulfide) groups is 1. The second-order valence-electron chi connectivity index (χ2n) is 4.75. The lowest BCUT2D eigenvalue weighted by Gasteiger charge is -2.25. The zero-order valence-corrected chi connectivity index (χ0v) is 11.6. The van der Waals surface area contributed by atoms with E-state index in [-0.39, 0.29) is 11.6 Å². The summed E-state index contributed by atoms with van der Waals surface area (Å²) in [7, 11) is 0. The average Bonchev–Trinajstić information content (AvgIpc) is 2.87. The van der Waals surface area contributed by atoms with E-state index in [4.69, 9.17) is 0 Å². The van der Waals surface area contributed by atoms with Crippen LogP contribution in [0.25, 0.3) is 0 Å². The lowest BCUT2D eigenvalue weighted by atomic mass is 9.90. The number of benzene rings is 1. The van der Waals surface area contributed by atoms with Crippen molar-refractivity contribution < 1.29 is 8.78 Å². The summed E-state index contributed by atoms with van der Waals surface area (Å²) < 4.78 is 28.2. The molecule has 0 amide bonds. The molecule has 2 atom stereocenters. The zero-order valence-electron chi connectivity index (χ0n) is 10.8. The molecule has 4 heteroatoms. The molecule has 1 saturated heterocycles. The molecular formula is C14H19F2NS. The van der Waals surface area contributed by atoms with Crippen LogP contribution in [0, 0.1) is 24.5 Å². The first kappa shape index (κ1) is 13.8. The lowest BCUT2D eigenvalue weighted by Crippen LogP contribution is -2.30. The molecule has 0 saturated carbocycles. The van der Waals surface area contributed by atoms with Crippen molar-refractivity contribution in [2.75, 3.05) is 18.1 Å². The third-order valence-electron chi connectivity index (χ3n) is 3.49. The van der Waals surface area contributed by atoms with E-state index in [1.54, 1.807) is 6.92 Å². The van der Waals surface area contributed by atoms with E-state index < -0.39 is 11.6 Å². The molecule has 0 radical (unpaired) electrons. The molecule has 1 heterocycles. The molecule has 2 rings (SSSR count). The van der Waals surface area contributed by atoms with Crippen LogP contribution in [0.1, 0.15) is 30.5 Å². The van der Waals surface area contributed by atoms with E-state index in [1.165, 1.54) is 12.1 Å². The first-order valence-corrected chi connectivity index (χ1v) is 7.56. The van der Waals surface area contributed by atoms with Gasteiger partial charge in [-0.25, -0.2) is 8.78 Å². The largest absolute Gasteiger partial charge is 0.310 e. The van der Waals surface area contributed by atoms with Gasteiger partial charge in [-0.2, -0.15) is 11.8 Å². The van der Waals surface area contributed by atoms with Gasteiger partial charge in [0.25, 0.3) is 0 Å². The van der Waals surface area contributed by atoms with E-state index in [0.717, 1.165) is 24.5 Å². The Morgan fingerprint density at radius 1 is 1.44 bits per heavy atom. The number of rotatable bonds is 4. The summed E-state index contributed by atoms with van der Waals surface area (Å²) in [4.78, 5) is 0. The Labute approximate surface area is 111 Å². The van der Waals surface area contributed by atoms with Crippen molar-refractivity contribution in [3.63, 3.8) is 0 Å². The highest BCUT2D eigenvalue weighted by Gasteiger charge is 2.30. The third kappa shape index (κ3) is 2.69.